The van der Waals surface area contributed by atoms with Gasteiger partial charge in [-0.1, -0.05) is 115 Å². The third kappa shape index (κ3) is 4.34. The first-order valence-corrected chi connectivity index (χ1v) is 18.1. The summed E-state index contributed by atoms with van der Waals surface area (Å²) in [6, 6.07) is 49.2. The van der Waals surface area contributed by atoms with Crippen molar-refractivity contribution in [2.45, 2.75) is 20.3 Å². The zero-order valence-corrected chi connectivity index (χ0v) is 29.2. The van der Waals surface area contributed by atoms with Gasteiger partial charge in [0.2, 0.25) is 0 Å². The van der Waals surface area contributed by atoms with Crippen LogP contribution in [-0.4, -0.2) is 15.4 Å². The smallest absolute Gasteiger partial charge is 0.106 e. The van der Waals surface area contributed by atoms with Crippen LogP contribution in [-0.2, 0) is 6.42 Å². The van der Waals surface area contributed by atoms with Crippen molar-refractivity contribution in [2.24, 2.45) is 9.98 Å². The average Bonchev–Trinajstić information content (AvgIpc) is 3.89. The molecule has 0 amide bonds. The Morgan fingerprint density at radius 3 is 2.02 bits per heavy atom. The van der Waals surface area contributed by atoms with Crippen LogP contribution in [0.1, 0.15) is 22.3 Å². The lowest BCUT2D eigenvalue weighted by Crippen LogP contribution is -2.06. The van der Waals surface area contributed by atoms with E-state index in [0.29, 0.717) is 0 Å². The molecule has 248 valence electrons. The molecule has 11 rings (SSSR count). The molecule has 0 spiro atoms. The van der Waals surface area contributed by atoms with E-state index in [1.165, 1.54) is 33.4 Å². The van der Waals surface area contributed by atoms with E-state index in [0.717, 1.165) is 94.8 Å². The van der Waals surface area contributed by atoms with E-state index in [1.54, 1.807) is 0 Å². The maximum atomic E-state index is 5.24. The molecule has 1 aliphatic carbocycles. The van der Waals surface area contributed by atoms with Gasteiger partial charge in [0.15, 0.2) is 0 Å². The number of hydrogen-bond acceptors (Lipinski definition) is 5. The van der Waals surface area contributed by atoms with E-state index in [4.69, 9.17) is 20.2 Å². The third-order valence-electron chi connectivity index (χ3n) is 11.3. The first-order chi connectivity index (χ1) is 26.1. The first kappa shape index (κ1) is 29.8. The van der Waals surface area contributed by atoms with Gasteiger partial charge in [0.1, 0.15) is 11.4 Å². The summed E-state index contributed by atoms with van der Waals surface area (Å²) in [5.41, 5.74) is 19.4. The molecule has 7 aromatic carbocycles. The number of hydrogen-bond donors (Lipinski definition) is 0. The highest BCUT2D eigenvalue weighted by atomic mass is 15.3. The van der Waals surface area contributed by atoms with Crippen LogP contribution >= 0.6 is 0 Å². The maximum Gasteiger partial charge on any atom is 0.106 e. The molecule has 3 heterocycles. The number of nitrogens with zero attached hydrogens (tertiary/aromatic N) is 5. The van der Waals surface area contributed by atoms with Crippen molar-refractivity contribution in [2.75, 3.05) is 0 Å². The number of fused-ring (bicyclic) bond motifs is 9. The lowest BCUT2D eigenvalue weighted by Gasteiger charge is -2.21. The number of benzene rings is 7. The maximum absolute atomic E-state index is 5.24. The molecule has 0 unspecified atom stereocenters. The number of aryl methyl sites for hydroxylation is 1. The summed E-state index contributed by atoms with van der Waals surface area (Å²) in [6.45, 7) is 4.42. The second kappa shape index (κ2) is 11.3. The van der Waals surface area contributed by atoms with Crippen LogP contribution in [0.5, 0.6) is 0 Å². The Hall–Kier alpha value is -6.85. The van der Waals surface area contributed by atoms with Crippen LogP contribution < -0.4 is 10.7 Å². The van der Waals surface area contributed by atoms with Gasteiger partial charge in [-0.05, 0) is 99.8 Å². The summed E-state index contributed by atoms with van der Waals surface area (Å²) in [5.74, 6) is 0. The minimum absolute atomic E-state index is 0.776. The number of aromatic nitrogens is 3. The molecule has 0 atom stereocenters. The van der Waals surface area contributed by atoms with Gasteiger partial charge in [-0.25, -0.2) is 9.98 Å². The molecule has 0 N–H and O–H groups in total. The Morgan fingerprint density at radius 1 is 0.472 bits per heavy atom. The fourth-order valence-electron chi connectivity index (χ4n) is 8.74. The van der Waals surface area contributed by atoms with Crippen molar-refractivity contribution >= 4 is 11.4 Å². The van der Waals surface area contributed by atoms with Crippen molar-refractivity contribution < 1.29 is 0 Å². The van der Waals surface area contributed by atoms with Gasteiger partial charge in [-0.3, -0.25) is 0 Å². The molecule has 5 nitrogen and oxygen atoms in total. The summed E-state index contributed by atoms with van der Waals surface area (Å²) >= 11 is 0. The van der Waals surface area contributed by atoms with Crippen molar-refractivity contribution in [3.8, 4) is 67.0 Å². The largest absolute Gasteiger partial charge is 0.248 e. The molecule has 2 aliphatic heterocycles. The summed E-state index contributed by atoms with van der Waals surface area (Å²) in [7, 11) is 0. The lowest BCUT2D eigenvalue weighted by molar-refractivity contribution is 0.877. The highest BCUT2D eigenvalue weighted by molar-refractivity contribution is 6.07. The Bertz CT molecular complexity index is 3100. The summed E-state index contributed by atoms with van der Waals surface area (Å²) < 4.78 is 0. The fraction of sp³-hybridized carbons (Fsp3) is 0.0625. The SMILES string of the molecule is Cc1cc2c(c(-c3nnnc(-c4c(-c5ccccc5)ccc5c4-c4c6c(ccc4=N5)=c4ccccc4=N6)c3-c3ccccc3)c1C)Cc1ccccc1-2. The standard InChI is InChI=1S/C48H31N5/c1-27-25-36-32-18-10-9-17-31(32)26-37(36)41(28(27)2)47-42(30-15-7-4-8-16-30)48(52-53-51-47)43-33(29-13-5-3-6-14-29)21-23-39-44(43)45-40(49-39)24-22-35-34-19-11-12-20-38(34)50-46(35)45/h3-25H,26H2,1-2H3. The molecule has 0 saturated heterocycles. The molecule has 0 fully saturated rings. The monoisotopic (exact) mass is 677 g/mol. The second-order valence-corrected chi connectivity index (χ2v) is 14.1. The van der Waals surface area contributed by atoms with Gasteiger partial charge in [-0.2, -0.15) is 0 Å². The van der Waals surface area contributed by atoms with E-state index < -0.39 is 0 Å². The molecule has 8 aromatic rings. The third-order valence-corrected chi connectivity index (χ3v) is 11.3. The predicted octanol–water partition coefficient (Wildman–Crippen LogP) is 10.2. The molecule has 0 bridgehead atoms. The van der Waals surface area contributed by atoms with Gasteiger partial charge in [0, 0.05) is 38.3 Å². The van der Waals surface area contributed by atoms with Crippen molar-refractivity contribution in [1.82, 2.24) is 15.4 Å². The molecular formula is C48H31N5. The normalized spacial score (nSPS) is 12.6. The minimum atomic E-state index is 0.776. The highest BCUT2D eigenvalue weighted by Gasteiger charge is 2.32. The van der Waals surface area contributed by atoms with Crippen LogP contribution in [0.25, 0.3) is 67.0 Å². The molecule has 0 saturated carbocycles. The lowest BCUT2D eigenvalue weighted by atomic mass is 9.83. The van der Waals surface area contributed by atoms with Gasteiger partial charge in [-0.15, -0.1) is 10.2 Å². The van der Waals surface area contributed by atoms with Crippen molar-refractivity contribution in [3.05, 3.63) is 183 Å². The molecule has 5 heteroatoms. The number of rotatable bonds is 4. The van der Waals surface area contributed by atoms with E-state index in [2.05, 4.69) is 159 Å². The van der Waals surface area contributed by atoms with Crippen LogP contribution in [0.3, 0.4) is 0 Å². The Morgan fingerprint density at radius 2 is 1.19 bits per heavy atom. The molecule has 1 aromatic heterocycles. The van der Waals surface area contributed by atoms with E-state index in [-0.39, 0.29) is 0 Å². The average molecular weight is 678 g/mol. The minimum Gasteiger partial charge on any atom is -0.248 e. The highest BCUT2D eigenvalue weighted by Crippen LogP contribution is 2.53. The number of para-hydroxylation sites is 1. The van der Waals surface area contributed by atoms with Crippen molar-refractivity contribution in [3.63, 3.8) is 0 Å². The molecular weight excluding hydrogens is 647 g/mol. The van der Waals surface area contributed by atoms with E-state index >= 15 is 0 Å². The summed E-state index contributed by atoms with van der Waals surface area (Å²) in [5, 5.41) is 18.8. The summed E-state index contributed by atoms with van der Waals surface area (Å²) in [6.07, 6.45) is 0.839. The van der Waals surface area contributed by atoms with Crippen LogP contribution in [0.4, 0.5) is 11.4 Å². The van der Waals surface area contributed by atoms with Gasteiger partial charge < -0.3 is 0 Å². The molecule has 0 radical (unpaired) electrons. The van der Waals surface area contributed by atoms with Crippen molar-refractivity contribution in [1.29, 1.82) is 0 Å². The van der Waals surface area contributed by atoms with E-state index in [1.807, 2.05) is 0 Å². The zero-order valence-electron chi connectivity index (χ0n) is 29.2. The van der Waals surface area contributed by atoms with Gasteiger partial charge in [0.05, 0.1) is 22.1 Å². The van der Waals surface area contributed by atoms with E-state index in [9.17, 15) is 0 Å². The van der Waals surface area contributed by atoms with Gasteiger partial charge >= 0.3 is 0 Å². The molecule has 53 heavy (non-hydrogen) atoms. The second-order valence-electron chi connectivity index (χ2n) is 14.1. The Balaban J connectivity index is 1.28. The predicted molar refractivity (Wildman–Crippen MR) is 210 cm³/mol. The summed E-state index contributed by atoms with van der Waals surface area (Å²) in [4.78, 5) is 10.5. The zero-order chi connectivity index (χ0) is 35.2. The first-order valence-electron chi connectivity index (χ1n) is 18.1. The van der Waals surface area contributed by atoms with Gasteiger partial charge in [0.25, 0.3) is 0 Å². The van der Waals surface area contributed by atoms with Crippen LogP contribution in [0, 0.1) is 24.3 Å². The van der Waals surface area contributed by atoms with Crippen LogP contribution in [0.2, 0.25) is 0 Å². The Labute approximate surface area is 306 Å². The molecule has 3 aliphatic rings. The topological polar surface area (TPSA) is 63.4 Å². The Kier molecular flexibility index (Phi) is 6.38. The van der Waals surface area contributed by atoms with Crippen LogP contribution in [0.15, 0.2) is 150 Å². The quantitative estimate of drug-likeness (QED) is 0.186. The fourth-order valence-corrected chi connectivity index (χ4v) is 8.74.